The summed E-state index contributed by atoms with van der Waals surface area (Å²) < 4.78 is 38.1. The maximum atomic E-state index is 11.5. The minimum absolute atomic E-state index is 0. The first-order chi connectivity index (χ1) is 22.4. The van der Waals surface area contributed by atoms with Gasteiger partial charge in [0.25, 0.3) is 0 Å². The van der Waals surface area contributed by atoms with Crippen LogP contribution in [-0.2, 0) is 0 Å². The number of benzene rings is 1. The molecule has 0 aliphatic heterocycles. The van der Waals surface area contributed by atoms with Gasteiger partial charge in [-0.25, -0.2) is 24.6 Å². The molecular formula is C43H80F3KO-2. The van der Waals surface area contributed by atoms with Gasteiger partial charge in [0.2, 0.25) is 0 Å². The van der Waals surface area contributed by atoms with Crippen LogP contribution >= 0.6 is 0 Å². The number of unbranched alkanes of at least 4 members (excludes halogenated alkanes) is 12. The van der Waals surface area contributed by atoms with Crippen molar-refractivity contribution in [2.24, 2.45) is 5.92 Å². The van der Waals surface area contributed by atoms with E-state index in [0.29, 0.717) is 0 Å². The summed E-state index contributed by atoms with van der Waals surface area (Å²) in [5.41, 5.74) is 1.19. The molecule has 1 aromatic carbocycles. The molecule has 0 spiro atoms. The molecule has 0 aromatic heterocycles. The van der Waals surface area contributed by atoms with E-state index in [-0.39, 0.29) is 57.1 Å². The van der Waals surface area contributed by atoms with Crippen molar-refractivity contribution in [1.29, 1.82) is 0 Å². The molecule has 1 aromatic rings. The fourth-order valence-electron chi connectivity index (χ4n) is 3.12. The fourth-order valence-corrected chi connectivity index (χ4v) is 3.12. The summed E-state index contributed by atoms with van der Waals surface area (Å²) in [4.78, 5) is 0. The monoisotopic (exact) mass is 709 g/mol. The summed E-state index contributed by atoms with van der Waals surface area (Å²) >= 11 is 0. The average molecular weight is 709 g/mol. The third-order valence-electron chi connectivity index (χ3n) is 6.95. The molecule has 0 aliphatic rings. The molecule has 48 heavy (non-hydrogen) atoms. The van der Waals surface area contributed by atoms with Gasteiger partial charge >= 0.3 is 57.7 Å². The molecule has 0 fully saturated rings. The van der Waals surface area contributed by atoms with Crippen molar-refractivity contribution in [3.8, 4) is 5.75 Å². The number of rotatable bonds is 18. The number of allylic oxidation sites excluding steroid dienone is 4. The van der Waals surface area contributed by atoms with Gasteiger partial charge in [-0.3, -0.25) is 6.08 Å². The van der Waals surface area contributed by atoms with Crippen LogP contribution in [0.2, 0.25) is 0 Å². The summed E-state index contributed by atoms with van der Waals surface area (Å²) in [6, 6.07) is 7.64. The summed E-state index contributed by atoms with van der Waals surface area (Å²) in [5, 5.41) is 0. The van der Waals surface area contributed by atoms with E-state index in [1.165, 1.54) is 145 Å². The first-order valence-corrected chi connectivity index (χ1v) is 19.2. The Balaban J connectivity index is -0.000000113. The van der Waals surface area contributed by atoms with Gasteiger partial charge in [-0.1, -0.05) is 185 Å². The second-order valence-electron chi connectivity index (χ2n) is 12.0. The topological polar surface area (TPSA) is 9.23 Å². The zero-order valence-corrected chi connectivity index (χ0v) is 37.3. The molecule has 1 nitrogen and oxygen atoms in total. The quantitative estimate of drug-likeness (QED) is 0.0638. The summed E-state index contributed by atoms with van der Waals surface area (Å²) in [5.74, 6) is 0.729. The Labute approximate surface area is 343 Å². The van der Waals surface area contributed by atoms with Crippen LogP contribution in [0.25, 0.3) is 0 Å². The molecule has 0 N–H and O–H groups in total. The standard InChI is InChI=1S/C10H16.2C9H20.C7H4F3O.2C4H10.K/c1-4-6-7-8-9-10(3)5-2;1-4-6-7-8-9(3)5-2;1-3-5-7-9-8-6-4-2;8-7(9,10)11-6-4-2-1-3-5-6;2*1-3-4-2;/h5,9H,2,4,6-7H2,1,3H3;9H,4-8H2,1-3H3;3-9H2,1-2H3;2-5H;2*3-4H2,1-2H3;/q-2;;;-1;;;+1/b10-5-;;;;;;. The van der Waals surface area contributed by atoms with Crippen LogP contribution in [0.4, 0.5) is 13.2 Å². The molecule has 5 heteroatoms. The molecule has 0 saturated carbocycles. The van der Waals surface area contributed by atoms with E-state index in [4.69, 9.17) is 0 Å². The van der Waals surface area contributed by atoms with Crippen LogP contribution in [0.15, 0.2) is 42.0 Å². The predicted octanol–water partition coefficient (Wildman–Crippen LogP) is 13.7. The molecule has 0 saturated heterocycles. The third kappa shape index (κ3) is 71.7. The van der Waals surface area contributed by atoms with E-state index < -0.39 is 6.36 Å². The van der Waals surface area contributed by atoms with Crippen LogP contribution in [-0.4, -0.2) is 6.36 Å². The van der Waals surface area contributed by atoms with Gasteiger partial charge in [0.15, 0.2) is 0 Å². The molecule has 0 heterocycles. The van der Waals surface area contributed by atoms with Crippen LogP contribution in [0.1, 0.15) is 198 Å². The van der Waals surface area contributed by atoms with Crippen LogP contribution in [0.5, 0.6) is 5.75 Å². The molecule has 0 amide bonds. The maximum Gasteiger partial charge on any atom is 1.00 e. The average Bonchev–Trinajstić information content (AvgIpc) is 3.07. The summed E-state index contributed by atoms with van der Waals surface area (Å²) in [6.07, 6.45) is 28.2. The number of halogens is 3. The van der Waals surface area contributed by atoms with E-state index >= 15 is 0 Å². The predicted molar refractivity (Wildman–Crippen MR) is 207 cm³/mol. The Morgan fingerprint density at radius 2 is 1.15 bits per heavy atom. The largest absolute Gasteiger partial charge is 1.00 e. The van der Waals surface area contributed by atoms with Gasteiger partial charge in [0.1, 0.15) is 0 Å². The first kappa shape index (κ1) is 59.9. The van der Waals surface area contributed by atoms with Gasteiger partial charge < -0.3 is 4.74 Å². The van der Waals surface area contributed by atoms with Crippen LogP contribution < -0.4 is 56.1 Å². The van der Waals surface area contributed by atoms with Crippen molar-refractivity contribution >= 4 is 0 Å². The zero-order valence-electron chi connectivity index (χ0n) is 34.2. The third-order valence-corrected chi connectivity index (χ3v) is 6.95. The minimum Gasteiger partial charge on any atom is -0.432 e. The Morgan fingerprint density at radius 3 is 1.50 bits per heavy atom. The SMILES string of the molecule is CCCC.CCCC.CCCCCC(C)CC.CCCCCCCCC.FC(F)(F)Oc1cc[c-]cc1.[CH2-]/C=C(/C)C=[C-]CCCC.[K+]. The number of hydrogen-bond donors (Lipinski definition) is 0. The molecular weight excluding hydrogens is 629 g/mol. The van der Waals surface area contributed by atoms with Gasteiger partial charge in [0.05, 0.1) is 0 Å². The molecule has 1 rings (SSSR count). The van der Waals surface area contributed by atoms with Gasteiger partial charge in [0, 0.05) is 5.75 Å². The number of alkyl halides is 3. The van der Waals surface area contributed by atoms with E-state index in [9.17, 15) is 13.2 Å². The van der Waals surface area contributed by atoms with Crippen molar-refractivity contribution in [1.82, 2.24) is 0 Å². The fraction of sp³-hybridized carbons (Fsp3) is 0.744. The Bertz CT molecular complexity index is 688. The van der Waals surface area contributed by atoms with Gasteiger partial charge in [-0.05, 0) is 5.92 Å². The van der Waals surface area contributed by atoms with Crippen LogP contribution in [0.3, 0.4) is 0 Å². The van der Waals surface area contributed by atoms with Crippen molar-refractivity contribution in [3.63, 3.8) is 0 Å². The normalized spacial score (nSPS) is 10.9. The molecule has 282 valence electrons. The maximum absolute atomic E-state index is 11.5. The van der Waals surface area contributed by atoms with Crippen molar-refractivity contribution in [2.75, 3.05) is 0 Å². The first-order valence-electron chi connectivity index (χ1n) is 19.2. The number of hydrogen-bond acceptors (Lipinski definition) is 1. The van der Waals surface area contributed by atoms with Crippen molar-refractivity contribution in [3.05, 3.63) is 61.1 Å². The Morgan fingerprint density at radius 1 is 0.729 bits per heavy atom. The van der Waals surface area contributed by atoms with E-state index in [1.807, 2.05) is 19.1 Å². The molecule has 1 atom stereocenters. The summed E-state index contributed by atoms with van der Waals surface area (Å²) in [6.45, 7) is 28.0. The Kier molecular flexibility index (Phi) is 66.9. The second-order valence-corrected chi connectivity index (χ2v) is 12.0. The van der Waals surface area contributed by atoms with Gasteiger partial charge in [-0.2, -0.15) is 18.2 Å². The van der Waals surface area contributed by atoms with Crippen LogP contribution in [0, 0.1) is 25.0 Å². The van der Waals surface area contributed by atoms with E-state index in [2.05, 4.69) is 93.0 Å². The zero-order chi connectivity index (χ0) is 37.0. The van der Waals surface area contributed by atoms with Crippen molar-refractivity contribution in [2.45, 2.75) is 205 Å². The molecule has 0 radical (unpaired) electrons. The smallest absolute Gasteiger partial charge is 0.432 e. The van der Waals surface area contributed by atoms with Gasteiger partial charge in [-0.15, -0.1) is 38.6 Å². The molecule has 0 bridgehead atoms. The second kappa shape index (κ2) is 53.6. The molecule has 1 unspecified atom stereocenters. The van der Waals surface area contributed by atoms with E-state index in [0.717, 1.165) is 12.3 Å². The van der Waals surface area contributed by atoms with Crippen molar-refractivity contribution < 1.29 is 69.3 Å². The summed E-state index contributed by atoms with van der Waals surface area (Å²) in [7, 11) is 0. The minimum atomic E-state index is -4.61. The Hall–Kier alpha value is -0.204. The molecule has 0 aliphatic carbocycles. The van der Waals surface area contributed by atoms with E-state index in [1.54, 1.807) is 0 Å². The number of ether oxygens (including phenoxy) is 1.